The number of imide groups is 1. The van der Waals surface area contributed by atoms with Crippen LogP contribution in [0.25, 0.3) is 0 Å². The molecule has 1 aliphatic heterocycles. The van der Waals surface area contributed by atoms with Crippen LogP contribution in [0, 0.1) is 13.8 Å². The number of methoxy groups -OCH3 is 1. The fraction of sp³-hybridized carbons (Fsp3) is 0.429. The summed E-state index contributed by atoms with van der Waals surface area (Å²) in [6, 6.07) is 1.92. The van der Waals surface area contributed by atoms with Crippen molar-refractivity contribution in [3.8, 4) is 5.75 Å². The maximum absolute atomic E-state index is 12.4. The lowest BCUT2D eigenvalue weighted by molar-refractivity contribution is -0.120. The van der Waals surface area contributed by atoms with E-state index in [4.69, 9.17) is 4.74 Å². The number of hydrogen-bond donors (Lipinski definition) is 3. The van der Waals surface area contributed by atoms with E-state index in [-0.39, 0.29) is 17.9 Å². The standard InChI is InChI=1S/C14H19N3O5S/c1-8-7-12(9(2)6-11(8)22-3)23(20,21)15-5-4-10-13(18)17-14(19)16-10/h6-7,10,15H,4-5H2,1-3H3,(H2,16,17,18,19). The molecule has 1 aromatic carbocycles. The van der Waals surface area contributed by atoms with Gasteiger partial charge in [0.15, 0.2) is 0 Å². The Morgan fingerprint density at radius 3 is 2.48 bits per heavy atom. The van der Waals surface area contributed by atoms with Crippen LogP contribution in [0.15, 0.2) is 17.0 Å². The minimum absolute atomic E-state index is 0.0330. The van der Waals surface area contributed by atoms with Gasteiger partial charge in [0, 0.05) is 6.54 Å². The zero-order valence-electron chi connectivity index (χ0n) is 13.1. The van der Waals surface area contributed by atoms with E-state index in [1.54, 1.807) is 26.0 Å². The Balaban J connectivity index is 2.06. The fourth-order valence-corrected chi connectivity index (χ4v) is 3.71. The second kappa shape index (κ2) is 6.55. The lowest BCUT2D eigenvalue weighted by Crippen LogP contribution is -2.34. The number of amides is 3. The third kappa shape index (κ3) is 3.80. The van der Waals surface area contributed by atoms with Crippen molar-refractivity contribution in [3.05, 3.63) is 23.3 Å². The predicted molar refractivity (Wildman–Crippen MR) is 82.7 cm³/mol. The van der Waals surface area contributed by atoms with Crippen LogP contribution in [0.3, 0.4) is 0 Å². The summed E-state index contributed by atoms with van der Waals surface area (Å²) in [6.45, 7) is 3.47. The average Bonchev–Trinajstić information content (AvgIpc) is 2.78. The average molecular weight is 341 g/mol. The number of aryl methyl sites for hydroxylation is 2. The number of urea groups is 1. The Labute approximate surface area is 134 Å². The van der Waals surface area contributed by atoms with Crippen molar-refractivity contribution in [1.29, 1.82) is 0 Å². The molecule has 1 aromatic rings. The van der Waals surface area contributed by atoms with E-state index in [1.165, 1.54) is 7.11 Å². The topological polar surface area (TPSA) is 114 Å². The summed E-state index contributed by atoms with van der Waals surface area (Å²) in [7, 11) is -2.19. The first-order valence-electron chi connectivity index (χ1n) is 7.01. The minimum atomic E-state index is -3.71. The number of ether oxygens (including phenoxy) is 1. The number of sulfonamides is 1. The van der Waals surface area contributed by atoms with Gasteiger partial charge in [-0.15, -0.1) is 0 Å². The van der Waals surface area contributed by atoms with Crippen LogP contribution in [-0.2, 0) is 14.8 Å². The number of nitrogens with one attached hydrogen (secondary N) is 3. The van der Waals surface area contributed by atoms with E-state index < -0.39 is 28.0 Å². The molecule has 3 N–H and O–H groups in total. The van der Waals surface area contributed by atoms with Gasteiger partial charge in [-0.25, -0.2) is 17.9 Å². The minimum Gasteiger partial charge on any atom is -0.496 e. The van der Waals surface area contributed by atoms with Crippen molar-refractivity contribution in [3.63, 3.8) is 0 Å². The van der Waals surface area contributed by atoms with Crippen LogP contribution in [-0.4, -0.2) is 40.1 Å². The Bertz CT molecular complexity index is 745. The normalized spacial score (nSPS) is 17.8. The Kier molecular flexibility index (Phi) is 4.90. The highest BCUT2D eigenvalue weighted by molar-refractivity contribution is 7.89. The van der Waals surface area contributed by atoms with Crippen molar-refractivity contribution >= 4 is 22.0 Å². The third-order valence-corrected chi connectivity index (χ3v) is 5.17. The molecule has 1 heterocycles. The molecular formula is C14H19N3O5S. The summed E-state index contributed by atoms with van der Waals surface area (Å²) in [6.07, 6.45) is 0.172. The monoisotopic (exact) mass is 341 g/mol. The first-order chi connectivity index (χ1) is 10.7. The van der Waals surface area contributed by atoms with E-state index in [0.29, 0.717) is 16.9 Å². The molecule has 0 aliphatic carbocycles. The molecule has 2 rings (SSSR count). The third-order valence-electron chi connectivity index (χ3n) is 3.57. The van der Waals surface area contributed by atoms with Gasteiger partial charge in [-0.05, 0) is 43.5 Å². The van der Waals surface area contributed by atoms with E-state index in [0.717, 1.165) is 0 Å². The zero-order valence-corrected chi connectivity index (χ0v) is 13.9. The molecule has 0 bridgehead atoms. The fourth-order valence-electron chi connectivity index (χ4n) is 2.35. The molecule has 0 aromatic heterocycles. The molecular weight excluding hydrogens is 322 g/mol. The highest BCUT2D eigenvalue weighted by Crippen LogP contribution is 2.25. The first-order valence-corrected chi connectivity index (χ1v) is 8.49. The Hall–Kier alpha value is -2.13. The van der Waals surface area contributed by atoms with E-state index >= 15 is 0 Å². The van der Waals surface area contributed by atoms with Gasteiger partial charge in [-0.2, -0.15) is 0 Å². The summed E-state index contributed by atoms with van der Waals surface area (Å²) >= 11 is 0. The van der Waals surface area contributed by atoms with Gasteiger partial charge in [0.05, 0.1) is 12.0 Å². The SMILES string of the molecule is COc1cc(C)c(S(=O)(=O)NCCC2NC(=O)NC2=O)cc1C. The molecule has 3 amide bonds. The Morgan fingerprint density at radius 1 is 1.22 bits per heavy atom. The number of hydrogen-bond acceptors (Lipinski definition) is 5. The lowest BCUT2D eigenvalue weighted by atomic mass is 10.1. The molecule has 1 unspecified atom stereocenters. The molecule has 1 saturated heterocycles. The second-order valence-electron chi connectivity index (χ2n) is 5.29. The van der Waals surface area contributed by atoms with Crippen LogP contribution in [0.4, 0.5) is 4.79 Å². The maximum atomic E-state index is 12.4. The van der Waals surface area contributed by atoms with Crippen molar-refractivity contribution < 1.29 is 22.7 Å². The predicted octanol–water partition coefficient (Wildman–Crippen LogP) is 0.188. The van der Waals surface area contributed by atoms with Crippen LogP contribution >= 0.6 is 0 Å². The van der Waals surface area contributed by atoms with Crippen LogP contribution in [0.5, 0.6) is 5.75 Å². The number of carbonyl (C=O) groups excluding carboxylic acids is 2. The summed E-state index contributed by atoms with van der Waals surface area (Å²) < 4.78 is 32.4. The first kappa shape index (κ1) is 17.2. The molecule has 1 atom stereocenters. The van der Waals surface area contributed by atoms with Gasteiger partial charge < -0.3 is 10.1 Å². The van der Waals surface area contributed by atoms with Crippen molar-refractivity contribution in [2.45, 2.75) is 31.2 Å². The number of rotatable bonds is 6. The molecule has 8 nitrogen and oxygen atoms in total. The largest absolute Gasteiger partial charge is 0.496 e. The van der Waals surface area contributed by atoms with Crippen molar-refractivity contribution in [1.82, 2.24) is 15.4 Å². The van der Waals surface area contributed by atoms with Gasteiger partial charge in [-0.1, -0.05) is 0 Å². The number of carbonyl (C=O) groups is 2. The van der Waals surface area contributed by atoms with E-state index in [1.807, 2.05) is 0 Å². The molecule has 1 fully saturated rings. The zero-order chi connectivity index (χ0) is 17.2. The highest BCUT2D eigenvalue weighted by Gasteiger charge is 2.29. The molecule has 126 valence electrons. The molecule has 0 spiro atoms. The van der Waals surface area contributed by atoms with Gasteiger partial charge in [0.1, 0.15) is 11.8 Å². The molecule has 23 heavy (non-hydrogen) atoms. The van der Waals surface area contributed by atoms with Crippen molar-refractivity contribution in [2.75, 3.05) is 13.7 Å². The van der Waals surface area contributed by atoms with Gasteiger partial charge in [-0.3, -0.25) is 10.1 Å². The van der Waals surface area contributed by atoms with Crippen LogP contribution in [0.2, 0.25) is 0 Å². The molecule has 0 saturated carbocycles. The van der Waals surface area contributed by atoms with Crippen molar-refractivity contribution in [2.24, 2.45) is 0 Å². The van der Waals surface area contributed by atoms with Crippen LogP contribution in [0.1, 0.15) is 17.5 Å². The van der Waals surface area contributed by atoms with E-state index in [9.17, 15) is 18.0 Å². The second-order valence-corrected chi connectivity index (χ2v) is 7.02. The van der Waals surface area contributed by atoms with Gasteiger partial charge >= 0.3 is 6.03 Å². The quantitative estimate of drug-likeness (QED) is 0.639. The van der Waals surface area contributed by atoms with E-state index in [2.05, 4.69) is 15.4 Å². The summed E-state index contributed by atoms with van der Waals surface area (Å²) in [5, 5.41) is 4.51. The maximum Gasteiger partial charge on any atom is 0.322 e. The molecule has 1 aliphatic rings. The number of benzene rings is 1. The van der Waals surface area contributed by atoms with Gasteiger partial charge in [0.25, 0.3) is 5.91 Å². The summed E-state index contributed by atoms with van der Waals surface area (Å²) in [5.74, 6) is 0.164. The smallest absolute Gasteiger partial charge is 0.322 e. The molecule has 9 heteroatoms. The lowest BCUT2D eigenvalue weighted by Gasteiger charge is -2.13. The highest BCUT2D eigenvalue weighted by atomic mass is 32.2. The molecule has 0 radical (unpaired) electrons. The van der Waals surface area contributed by atoms with Crippen LogP contribution < -0.4 is 20.1 Å². The van der Waals surface area contributed by atoms with Gasteiger partial charge in [0.2, 0.25) is 10.0 Å². The summed E-state index contributed by atoms with van der Waals surface area (Å²) in [5.41, 5.74) is 1.27. The Morgan fingerprint density at radius 2 is 1.91 bits per heavy atom. The summed E-state index contributed by atoms with van der Waals surface area (Å²) in [4.78, 5) is 22.6.